The quantitative estimate of drug-likeness (QED) is 0.777. The fourth-order valence-electron chi connectivity index (χ4n) is 3.72. The van der Waals surface area contributed by atoms with Crippen molar-refractivity contribution in [3.8, 4) is 0 Å². The van der Waals surface area contributed by atoms with E-state index in [1.54, 1.807) is 0 Å². The van der Waals surface area contributed by atoms with E-state index >= 15 is 0 Å². The van der Waals surface area contributed by atoms with Gasteiger partial charge in [-0.15, -0.1) is 0 Å². The van der Waals surface area contributed by atoms with Gasteiger partial charge < -0.3 is 15.1 Å². The first-order chi connectivity index (χ1) is 8.24. The molecule has 0 radical (unpaired) electrons. The summed E-state index contributed by atoms with van der Waals surface area (Å²) in [5.74, 6) is 0. The van der Waals surface area contributed by atoms with Crippen molar-refractivity contribution < 1.29 is 0 Å². The predicted octanol–water partition coefficient (Wildman–Crippen LogP) is 1.30. The minimum Gasteiger partial charge on any atom is -0.313 e. The Morgan fingerprint density at radius 1 is 1.12 bits per heavy atom. The number of rotatable bonds is 5. The smallest absolute Gasteiger partial charge is 0.0111 e. The summed E-state index contributed by atoms with van der Waals surface area (Å²) >= 11 is 0. The Morgan fingerprint density at radius 2 is 1.76 bits per heavy atom. The molecule has 0 aromatic heterocycles. The van der Waals surface area contributed by atoms with Crippen LogP contribution in [0.2, 0.25) is 0 Å². The molecule has 17 heavy (non-hydrogen) atoms. The third kappa shape index (κ3) is 2.67. The topological polar surface area (TPSA) is 18.5 Å². The molecule has 2 aliphatic heterocycles. The molecule has 2 bridgehead atoms. The van der Waals surface area contributed by atoms with Crippen molar-refractivity contribution in [2.45, 2.75) is 62.7 Å². The third-order valence-corrected chi connectivity index (χ3v) is 5.17. The van der Waals surface area contributed by atoms with E-state index in [0.29, 0.717) is 0 Å². The van der Waals surface area contributed by atoms with E-state index in [1.807, 2.05) is 0 Å². The summed E-state index contributed by atoms with van der Waals surface area (Å²) in [5, 5.41) is 3.79. The van der Waals surface area contributed by atoms with Gasteiger partial charge in [0.15, 0.2) is 0 Å². The largest absolute Gasteiger partial charge is 0.313 e. The van der Waals surface area contributed by atoms with E-state index in [-0.39, 0.29) is 0 Å². The lowest BCUT2D eigenvalue weighted by Crippen LogP contribution is -2.48. The van der Waals surface area contributed by atoms with Crippen molar-refractivity contribution in [1.82, 2.24) is 15.1 Å². The second kappa shape index (κ2) is 4.87. The number of fused-ring (bicyclic) bond motifs is 2. The van der Waals surface area contributed by atoms with Gasteiger partial charge in [-0.05, 0) is 52.6 Å². The summed E-state index contributed by atoms with van der Waals surface area (Å²) in [5.41, 5.74) is 0. The van der Waals surface area contributed by atoms with Crippen LogP contribution in [0.3, 0.4) is 0 Å². The Hall–Kier alpha value is -0.120. The van der Waals surface area contributed by atoms with Crippen LogP contribution < -0.4 is 5.32 Å². The zero-order chi connectivity index (χ0) is 11.8. The zero-order valence-electron chi connectivity index (χ0n) is 11.4. The first-order valence-electron chi connectivity index (χ1n) is 7.39. The molecular weight excluding hydrogens is 210 g/mol. The van der Waals surface area contributed by atoms with Gasteiger partial charge in [-0.2, -0.15) is 0 Å². The maximum absolute atomic E-state index is 3.79. The lowest BCUT2D eigenvalue weighted by Gasteiger charge is -2.37. The van der Waals surface area contributed by atoms with Crippen LogP contribution in [0, 0.1) is 0 Å². The monoisotopic (exact) mass is 237 g/mol. The van der Waals surface area contributed by atoms with Crippen LogP contribution in [-0.2, 0) is 0 Å². The molecule has 3 heteroatoms. The molecule has 2 unspecified atom stereocenters. The summed E-state index contributed by atoms with van der Waals surface area (Å²) in [4.78, 5) is 5.14. The zero-order valence-corrected chi connectivity index (χ0v) is 11.4. The van der Waals surface area contributed by atoms with Gasteiger partial charge in [0.05, 0.1) is 0 Å². The first kappa shape index (κ1) is 11.9. The predicted molar refractivity (Wildman–Crippen MR) is 71.2 cm³/mol. The lowest BCUT2D eigenvalue weighted by atomic mass is 9.98. The van der Waals surface area contributed by atoms with E-state index in [1.165, 1.54) is 51.6 Å². The van der Waals surface area contributed by atoms with Crippen LogP contribution in [0.5, 0.6) is 0 Å². The van der Waals surface area contributed by atoms with E-state index in [4.69, 9.17) is 0 Å². The minimum atomic E-state index is 0.788. The summed E-state index contributed by atoms with van der Waals surface area (Å²) in [6.45, 7) is 2.41. The number of hydrogen-bond donors (Lipinski definition) is 1. The van der Waals surface area contributed by atoms with Crippen LogP contribution in [-0.4, -0.2) is 61.2 Å². The molecule has 0 amide bonds. The summed E-state index contributed by atoms with van der Waals surface area (Å²) in [6, 6.07) is 3.43. The van der Waals surface area contributed by atoms with Crippen LogP contribution >= 0.6 is 0 Å². The molecule has 0 spiro atoms. The molecule has 0 aromatic rings. The van der Waals surface area contributed by atoms with Gasteiger partial charge in [-0.3, -0.25) is 0 Å². The SMILES string of the molecule is CN(CCNC1CC2CCC(C1)N2C)C1CC1. The fraction of sp³-hybridized carbons (Fsp3) is 1.00. The summed E-state index contributed by atoms with van der Waals surface area (Å²) < 4.78 is 0. The van der Waals surface area contributed by atoms with E-state index in [9.17, 15) is 0 Å². The van der Waals surface area contributed by atoms with Gasteiger partial charge in [0.25, 0.3) is 0 Å². The van der Waals surface area contributed by atoms with Gasteiger partial charge in [-0.1, -0.05) is 0 Å². The van der Waals surface area contributed by atoms with Crippen LogP contribution in [0.4, 0.5) is 0 Å². The molecule has 0 aromatic carbocycles. The standard InChI is InChI=1S/C14H27N3/c1-16(12-3-4-12)8-7-15-11-9-13-5-6-14(10-11)17(13)2/h11-15H,3-10H2,1-2H3. The van der Waals surface area contributed by atoms with Gasteiger partial charge in [0.1, 0.15) is 0 Å². The van der Waals surface area contributed by atoms with Crippen molar-refractivity contribution in [2.75, 3.05) is 27.2 Å². The van der Waals surface area contributed by atoms with Crippen molar-refractivity contribution in [1.29, 1.82) is 0 Å². The number of nitrogens with one attached hydrogen (secondary N) is 1. The number of hydrogen-bond acceptors (Lipinski definition) is 3. The van der Waals surface area contributed by atoms with Crippen molar-refractivity contribution in [2.24, 2.45) is 0 Å². The highest BCUT2D eigenvalue weighted by atomic mass is 15.2. The Morgan fingerprint density at radius 3 is 2.35 bits per heavy atom. The van der Waals surface area contributed by atoms with E-state index in [0.717, 1.165) is 24.2 Å². The molecule has 2 heterocycles. The molecule has 3 rings (SSSR count). The molecule has 3 aliphatic rings. The van der Waals surface area contributed by atoms with Crippen LogP contribution in [0.25, 0.3) is 0 Å². The first-order valence-corrected chi connectivity index (χ1v) is 7.39. The van der Waals surface area contributed by atoms with Crippen LogP contribution in [0.15, 0.2) is 0 Å². The van der Waals surface area contributed by atoms with E-state index < -0.39 is 0 Å². The lowest BCUT2D eigenvalue weighted by molar-refractivity contribution is 0.147. The normalized spacial score (nSPS) is 37.9. The summed E-state index contributed by atoms with van der Waals surface area (Å²) in [7, 11) is 4.59. The molecule has 3 nitrogen and oxygen atoms in total. The Balaban J connectivity index is 1.38. The fourth-order valence-corrected chi connectivity index (χ4v) is 3.72. The van der Waals surface area contributed by atoms with E-state index in [2.05, 4.69) is 29.2 Å². The summed E-state index contributed by atoms with van der Waals surface area (Å²) in [6.07, 6.45) is 8.46. The maximum atomic E-state index is 3.79. The molecule has 2 atom stereocenters. The highest BCUT2D eigenvalue weighted by molar-refractivity contribution is 4.96. The molecular formula is C14H27N3. The highest BCUT2D eigenvalue weighted by Crippen LogP contribution is 2.34. The number of piperidine rings is 1. The number of likely N-dealkylation sites (N-methyl/N-ethyl adjacent to an activating group) is 1. The molecule has 3 fully saturated rings. The Bertz CT molecular complexity index is 250. The Labute approximate surface area is 106 Å². The van der Waals surface area contributed by atoms with Gasteiger partial charge >= 0.3 is 0 Å². The van der Waals surface area contributed by atoms with Gasteiger partial charge in [-0.25, -0.2) is 0 Å². The molecule has 1 N–H and O–H groups in total. The van der Waals surface area contributed by atoms with Crippen molar-refractivity contribution >= 4 is 0 Å². The third-order valence-electron chi connectivity index (χ3n) is 5.17. The maximum Gasteiger partial charge on any atom is 0.0111 e. The highest BCUT2D eigenvalue weighted by Gasteiger charge is 2.38. The average Bonchev–Trinajstić information content (AvgIpc) is 3.12. The van der Waals surface area contributed by atoms with Gasteiger partial charge in [0, 0.05) is 37.3 Å². The second-order valence-corrected chi connectivity index (χ2v) is 6.38. The van der Waals surface area contributed by atoms with Gasteiger partial charge in [0.2, 0.25) is 0 Å². The average molecular weight is 237 g/mol. The molecule has 2 saturated heterocycles. The number of nitrogens with zero attached hydrogens (tertiary/aromatic N) is 2. The van der Waals surface area contributed by atoms with Crippen LogP contribution in [0.1, 0.15) is 38.5 Å². The van der Waals surface area contributed by atoms with Crippen molar-refractivity contribution in [3.05, 3.63) is 0 Å². The second-order valence-electron chi connectivity index (χ2n) is 6.38. The Kier molecular flexibility index (Phi) is 3.42. The minimum absolute atomic E-state index is 0.788. The van der Waals surface area contributed by atoms with Crippen molar-refractivity contribution in [3.63, 3.8) is 0 Å². The molecule has 1 saturated carbocycles. The molecule has 1 aliphatic carbocycles. The molecule has 98 valence electrons.